The summed E-state index contributed by atoms with van der Waals surface area (Å²) in [6, 6.07) is 5.48. The number of hydrogen-bond acceptors (Lipinski definition) is 3. The van der Waals surface area contributed by atoms with Crippen molar-refractivity contribution in [3.63, 3.8) is 0 Å². The van der Waals surface area contributed by atoms with Crippen LogP contribution in [-0.4, -0.2) is 19.3 Å². The van der Waals surface area contributed by atoms with Gasteiger partial charge in [0.1, 0.15) is 5.75 Å². The Balaban J connectivity index is 3.01. The second-order valence-corrected chi connectivity index (χ2v) is 3.72. The number of hydrogen-bond donors (Lipinski definition) is 1. The SMILES string of the molecule is COc1cc(C(C)C)ccc1NC(=O)C=O. The normalized spacial score (nSPS) is 10.0. The zero-order valence-electron chi connectivity index (χ0n) is 9.61. The molecule has 1 amide bonds. The Morgan fingerprint density at radius 2 is 2.12 bits per heavy atom. The largest absolute Gasteiger partial charge is 0.495 e. The molecular weight excluding hydrogens is 206 g/mol. The van der Waals surface area contributed by atoms with Crippen molar-refractivity contribution in [2.45, 2.75) is 19.8 Å². The Labute approximate surface area is 94.6 Å². The van der Waals surface area contributed by atoms with Gasteiger partial charge in [0.25, 0.3) is 5.91 Å². The number of carbonyl (C=O) groups excluding carboxylic acids is 2. The van der Waals surface area contributed by atoms with Crippen molar-refractivity contribution in [2.24, 2.45) is 0 Å². The minimum absolute atomic E-state index is 0.232. The molecule has 0 fully saturated rings. The van der Waals surface area contributed by atoms with Crippen LogP contribution in [0, 0.1) is 0 Å². The molecule has 4 heteroatoms. The second-order valence-electron chi connectivity index (χ2n) is 3.72. The van der Waals surface area contributed by atoms with E-state index in [1.54, 1.807) is 6.07 Å². The quantitative estimate of drug-likeness (QED) is 0.624. The van der Waals surface area contributed by atoms with Gasteiger partial charge in [-0.1, -0.05) is 19.9 Å². The highest BCUT2D eigenvalue weighted by atomic mass is 16.5. The number of ether oxygens (including phenoxy) is 1. The summed E-state index contributed by atoms with van der Waals surface area (Å²) >= 11 is 0. The van der Waals surface area contributed by atoms with E-state index >= 15 is 0 Å². The highest BCUT2D eigenvalue weighted by molar-refractivity contribution is 6.29. The van der Waals surface area contributed by atoms with Crippen LogP contribution < -0.4 is 10.1 Å². The van der Waals surface area contributed by atoms with Gasteiger partial charge >= 0.3 is 0 Å². The number of aldehydes is 1. The monoisotopic (exact) mass is 221 g/mol. The summed E-state index contributed by atoms with van der Waals surface area (Å²) in [4.78, 5) is 21.2. The van der Waals surface area contributed by atoms with Gasteiger partial charge in [0.05, 0.1) is 12.8 Å². The molecule has 0 aromatic heterocycles. The van der Waals surface area contributed by atoms with Gasteiger partial charge in [0, 0.05) is 0 Å². The van der Waals surface area contributed by atoms with Crippen LogP contribution in [0.1, 0.15) is 25.3 Å². The molecular formula is C12H15NO3. The van der Waals surface area contributed by atoms with E-state index < -0.39 is 5.91 Å². The molecule has 4 nitrogen and oxygen atoms in total. The Kier molecular flexibility index (Phi) is 4.05. The molecule has 0 bridgehead atoms. The zero-order valence-corrected chi connectivity index (χ0v) is 9.61. The van der Waals surface area contributed by atoms with E-state index in [1.807, 2.05) is 12.1 Å². The molecule has 0 saturated heterocycles. The summed E-state index contributed by atoms with van der Waals surface area (Å²) in [5.74, 6) is 0.252. The van der Waals surface area contributed by atoms with E-state index in [1.165, 1.54) is 7.11 Å². The number of rotatable bonds is 4. The Bertz CT molecular complexity index is 399. The molecule has 86 valence electrons. The third-order valence-corrected chi connectivity index (χ3v) is 2.26. The van der Waals surface area contributed by atoms with Crippen molar-refractivity contribution in [2.75, 3.05) is 12.4 Å². The van der Waals surface area contributed by atoms with Crippen LogP contribution in [-0.2, 0) is 9.59 Å². The fraction of sp³-hybridized carbons (Fsp3) is 0.333. The summed E-state index contributed by atoms with van der Waals surface area (Å²) < 4.78 is 5.15. The van der Waals surface area contributed by atoms with Crippen molar-refractivity contribution in [1.29, 1.82) is 0 Å². The van der Waals surface area contributed by atoms with Crippen molar-refractivity contribution in [1.82, 2.24) is 0 Å². The van der Waals surface area contributed by atoms with Gasteiger partial charge in [-0.3, -0.25) is 9.59 Å². The maximum Gasteiger partial charge on any atom is 0.288 e. The summed E-state index contributed by atoms with van der Waals surface area (Å²) in [5, 5.41) is 2.45. The molecule has 0 saturated carbocycles. The summed E-state index contributed by atoms with van der Waals surface area (Å²) in [7, 11) is 1.52. The summed E-state index contributed by atoms with van der Waals surface area (Å²) in [6.07, 6.45) is 0.232. The number of amides is 1. The van der Waals surface area contributed by atoms with Gasteiger partial charge < -0.3 is 10.1 Å². The molecule has 1 aromatic rings. The average molecular weight is 221 g/mol. The lowest BCUT2D eigenvalue weighted by Gasteiger charge is -2.12. The Morgan fingerprint density at radius 3 is 2.62 bits per heavy atom. The summed E-state index contributed by atoms with van der Waals surface area (Å²) in [5.41, 5.74) is 1.62. The van der Waals surface area contributed by atoms with E-state index in [0.717, 1.165) is 5.56 Å². The highest BCUT2D eigenvalue weighted by Crippen LogP contribution is 2.28. The smallest absolute Gasteiger partial charge is 0.288 e. The number of methoxy groups -OCH3 is 1. The molecule has 0 aliphatic carbocycles. The second kappa shape index (κ2) is 5.30. The molecule has 0 heterocycles. The van der Waals surface area contributed by atoms with Crippen LogP contribution in [0.3, 0.4) is 0 Å². The van der Waals surface area contributed by atoms with E-state index in [9.17, 15) is 9.59 Å². The van der Waals surface area contributed by atoms with E-state index in [0.29, 0.717) is 17.4 Å². The topological polar surface area (TPSA) is 55.4 Å². The van der Waals surface area contributed by atoms with Gasteiger partial charge in [-0.15, -0.1) is 0 Å². The molecule has 0 aliphatic heterocycles. The lowest BCUT2D eigenvalue weighted by molar-refractivity contribution is -0.127. The molecule has 0 aliphatic rings. The van der Waals surface area contributed by atoms with Crippen LogP contribution >= 0.6 is 0 Å². The first-order valence-electron chi connectivity index (χ1n) is 5.02. The van der Waals surface area contributed by atoms with Gasteiger partial charge in [0.15, 0.2) is 0 Å². The van der Waals surface area contributed by atoms with Gasteiger partial charge in [0.2, 0.25) is 6.29 Å². The van der Waals surface area contributed by atoms with Crippen LogP contribution in [0.15, 0.2) is 18.2 Å². The van der Waals surface area contributed by atoms with Crippen molar-refractivity contribution in [3.05, 3.63) is 23.8 Å². The van der Waals surface area contributed by atoms with E-state index in [2.05, 4.69) is 19.2 Å². The fourth-order valence-corrected chi connectivity index (χ4v) is 1.33. The van der Waals surface area contributed by atoms with E-state index in [4.69, 9.17) is 4.74 Å². The minimum Gasteiger partial charge on any atom is -0.495 e. The summed E-state index contributed by atoms with van der Waals surface area (Å²) in [6.45, 7) is 4.14. The predicted molar refractivity (Wildman–Crippen MR) is 61.8 cm³/mol. The lowest BCUT2D eigenvalue weighted by Crippen LogP contribution is -2.13. The Morgan fingerprint density at radius 1 is 1.44 bits per heavy atom. The zero-order chi connectivity index (χ0) is 12.1. The highest BCUT2D eigenvalue weighted by Gasteiger charge is 2.08. The first kappa shape index (κ1) is 12.2. The predicted octanol–water partition coefficient (Wildman–Crippen LogP) is 1.96. The van der Waals surface area contributed by atoms with Crippen molar-refractivity contribution < 1.29 is 14.3 Å². The fourth-order valence-electron chi connectivity index (χ4n) is 1.33. The maximum absolute atomic E-state index is 10.9. The molecule has 1 aromatic carbocycles. The average Bonchev–Trinajstić information content (AvgIpc) is 2.29. The van der Waals surface area contributed by atoms with Crippen LogP contribution in [0.5, 0.6) is 5.75 Å². The molecule has 0 unspecified atom stereocenters. The molecule has 0 spiro atoms. The minimum atomic E-state index is -0.685. The first-order valence-corrected chi connectivity index (χ1v) is 5.02. The molecule has 1 N–H and O–H groups in total. The number of benzene rings is 1. The third kappa shape index (κ3) is 2.82. The molecule has 0 atom stereocenters. The van der Waals surface area contributed by atoms with Crippen molar-refractivity contribution >= 4 is 17.9 Å². The number of nitrogens with one attached hydrogen (secondary N) is 1. The van der Waals surface area contributed by atoms with Crippen molar-refractivity contribution in [3.8, 4) is 5.75 Å². The van der Waals surface area contributed by atoms with Crippen LogP contribution in [0.2, 0.25) is 0 Å². The van der Waals surface area contributed by atoms with Crippen LogP contribution in [0.25, 0.3) is 0 Å². The number of anilines is 1. The van der Waals surface area contributed by atoms with Crippen LogP contribution in [0.4, 0.5) is 5.69 Å². The lowest BCUT2D eigenvalue weighted by atomic mass is 10.0. The maximum atomic E-state index is 10.9. The van der Waals surface area contributed by atoms with Gasteiger partial charge in [-0.25, -0.2) is 0 Å². The Hall–Kier alpha value is -1.84. The van der Waals surface area contributed by atoms with Gasteiger partial charge in [-0.2, -0.15) is 0 Å². The standard InChI is InChI=1S/C12H15NO3/c1-8(2)9-4-5-10(11(6-9)16-3)13-12(15)7-14/h4-8H,1-3H3,(H,13,15). The molecule has 16 heavy (non-hydrogen) atoms. The first-order chi connectivity index (χ1) is 7.58. The molecule has 1 rings (SSSR count). The van der Waals surface area contributed by atoms with Gasteiger partial charge in [-0.05, 0) is 23.6 Å². The third-order valence-electron chi connectivity index (χ3n) is 2.26. The van der Waals surface area contributed by atoms with E-state index in [-0.39, 0.29) is 6.29 Å². The molecule has 0 radical (unpaired) electrons. The number of carbonyl (C=O) groups is 2.